The molecule has 3 fully saturated rings. The van der Waals surface area contributed by atoms with Crippen molar-refractivity contribution < 1.29 is 9.59 Å². The largest absolute Gasteiger partial charge is 0.343 e. The molecule has 188 valence electrons. The third-order valence-electron chi connectivity index (χ3n) is 7.57. The molecule has 1 N–H and O–H groups in total. The van der Waals surface area contributed by atoms with Crippen molar-refractivity contribution in [3.63, 3.8) is 0 Å². The SMILES string of the molecule is CC(C)Cn1c(=O)[nH]c(=O)c2c(C(=O)N3CCC(CC(=O)N4CCCC4)CC3)cc(C3CC3)nc21. The number of H-pyrrole nitrogens is 1. The Morgan fingerprint density at radius 1 is 1.03 bits per heavy atom. The van der Waals surface area contributed by atoms with Crippen molar-refractivity contribution in [1.29, 1.82) is 0 Å². The first kappa shape index (κ1) is 23.8. The first-order chi connectivity index (χ1) is 16.8. The van der Waals surface area contributed by atoms with E-state index in [4.69, 9.17) is 4.98 Å². The Morgan fingerprint density at radius 3 is 2.34 bits per heavy atom. The monoisotopic (exact) mass is 481 g/mol. The predicted molar refractivity (Wildman–Crippen MR) is 132 cm³/mol. The van der Waals surface area contributed by atoms with E-state index in [9.17, 15) is 19.2 Å². The van der Waals surface area contributed by atoms with Gasteiger partial charge in [0, 0.05) is 50.8 Å². The molecule has 2 aliphatic heterocycles. The fourth-order valence-corrected chi connectivity index (χ4v) is 5.44. The Kier molecular flexibility index (Phi) is 6.51. The number of nitrogens with one attached hydrogen (secondary N) is 1. The molecular weight excluding hydrogens is 446 g/mol. The van der Waals surface area contributed by atoms with Crippen molar-refractivity contribution in [2.24, 2.45) is 11.8 Å². The number of aromatic amines is 1. The van der Waals surface area contributed by atoms with Gasteiger partial charge in [-0.1, -0.05) is 13.8 Å². The van der Waals surface area contributed by atoms with Gasteiger partial charge in [-0.2, -0.15) is 0 Å². The fourth-order valence-electron chi connectivity index (χ4n) is 5.44. The molecule has 5 rings (SSSR count). The second kappa shape index (κ2) is 9.59. The molecule has 2 saturated heterocycles. The minimum atomic E-state index is -0.561. The zero-order chi connectivity index (χ0) is 24.7. The number of carbonyl (C=O) groups is 2. The van der Waals surface area contributed by atoms with Gasteiger partial charge in [0.25, 0.3) is 11.5 Å². The Balaban J connectivity index is 1.41. The van der Waals surface area contributed by atoms with Gasteiger partial charge in [-0.15, -0.1) is 0 Å². The van der Waals surface area contributed by atoms with Crippen LogP contribution < -0.4 is 11.2 Å². The van der Waals surface area contributed by atoms with Crippen molar-refractivity contribution >= 4 is 22.8 Å². The number of amides is 2. The summed E-state index contributed by atoms with van der Waals surface area (Å²) in [6, 6.07) is 1.77. The quantitative estimate of drug-likeness (QED) is 0.682. The van der Waals surface area contributed by atoms with Crippen LogP contribution in [0.5, 0.6) is 0 Å². The smallest absolute Gasteiger partial charge is 0.330 e. The highest BCUT2D eigenvalue weighted by molar-refractivity contribution is 6.05. The molecule has 0 atom stereocenters. The minimum absolute atomic E-state index is 0.176. The summed E-state index contributed by atoms with van der Waals surface area (Å²) in [4.78, 5) is 62.7. The molecule has 35 heavy (non-hydrogen) atoms. The van der Waals surface area contributed by atoms with Crippen molar-refractivity contribution in [2.75, 3.05) is 26.2 Å². The summed E-state index contributed by atoms with van der Waals surface area (Å²) in [6.45, 7) is 7.26. The van der Waals surface area contributed by atoms with Crippen LogP contribution in [0.1, 0.15) is 80.8 Å². The van der Waals surface area contributed by atoms with Crippen molar-refractivity contribution in [3.8, 4) is 0 Å². The maximum absolute atomic E-state index is 13.7. The molecule has 9 nitrogen and oxygen atoms in total. The van der Waals surface area contributed by atoms with E-state index in [2.05, 4.69) is 4.98 Å². The van der Waals surface area contributed by atoms with Crippen LogP contribution in [0, 0.1) is 11.8 Å². The van der Waals surface area contributed by atoms with Crippen molar-refractivity contribution in [2.45, 2.75) is 71.3 Å². The van der Waals surface area contributed by atoms with Crippen LogP contribution in [0.15, 0.2) is 15.7 Å². The molecule has 4 heterocycles. The van der Waals surface area contributed by atoms with Gasteiger partial charge in [-0.25, -0.2) is 9.78 Å². The number of pyridine rings is 1. The molecule has 9 heteroatoms. The van der Waals surface area contributed by atoms with E-state index < -0.39 is 11.2 Å². The number of nitrogens with zero attached hydrogens (tertiary/aromatic N) is 4. The number of hydrogen-bond acceptors (Lipinski definition) is 5. The highest BCUT2D eigenvalue weighted by atomic mass is 16.2. The third kappa shape index (κ3) is 4.90. The molecule has 0 unspecified atom stereocenters. The molecular formula is C26H35N5O4. The minimum Gasteiger partial charge on any atom is -0.343 e. The second-order valence-corrected chi connectivity index (χ2v) is 10.9. The van der Waals surface area contributed by atoms with Gasteiger partial charge in [0.1, 0.15) is 0 Å². The molecule has 2 amide bonds. The van der Waals surface area contributed by atoms with Gasteiger partial charge in [0.15, 0.2) is 5.65 Å². The normalized spacial score (nSPS) is 19.2. The van der Waals surface area contributed by atoms with Crippen LogP contribution in [0.4, 0.5) is 0 Å². The first-order valence-corrected chi connectivity index (χ1v) is 13.1. The lowest BCUT2D eigenvalue weighted by Gasteiger charge is -2.32. The van der Waals surface area contributed by atoms with Gasteiger partial charge in [-0.3, -0.25) is 23.9 Å². The van der Waals surface area contributed by atoms with Crippen molar-refractivity contribution in [3.05, 3.63) is 38.2 Å². The lowest BCUT2D eigenvalue weighted by molar-refractivity contribution is -0.131. The summed E-state index contributed by atoms with van der Waals surface area (Å²) in [6.07, 6.45) is 6.28. The van der Waals surface area contributed by atoms with Crippen LogP contribution in [-0.4, -0.2) is 62.3 Å². The molecule has 2 aromatic heterocycles. The average Bonchev–Trinajstić information content (AvgIpc) is 3.54. The standard InChI is InChI=1S/C26H35N5O4/c1-16(2)15-31-23-22(24(33)28-26(31)35)19(14-20(27-23)18-5-6-18)25(34)30-11-7-17(8-12-30)13-21(32)29-9-3-4-10-29/h14,16-18H,3-13,15H2,1-2H3,(H,28,33,35). The summed E-state index contributed by atoms with van der Waals surface area (Å²) in [5, 5.41) is 0.200. The molecule has 2 aromatic rings. The van der Waals surface area contributed by atoms with E-state index in [1.165, 1.54) is 4.57 Å². The molecule has 1 saturated carbocycles. The Hall–Kier alpha value is -2.97. The Labute approximate surface area is 204 Å². The first-order valence-electron chi connectivity index (χ1n) is 13.1. The van der Waals surface area contributed by atoms with Crippen LogP contribution >= 0.6 is 0 Å². The zero-order valence-electron chi connectivity index (χ0n) is 20.7. The van der Waals surface area contributed by atoms with Crippen molar-refractivity contribution in [1.82, 2.24) is 24.3 Å². The number of carbonyl (C=O) groups excluding carboxylic acids is 2. The van der Waals surface area contributed by atoms with Crippen LogP contribution in [0.2, 0.25) is 0 Å². The summed E-state index contributed by atoms with van der Waals surface area (Å²) in [7, 11) is 0. The summed E-state index contributed by atoms with van der Waals surface area (Å²) < 4.78 is 1.50. The topological polar surface area (TPSA) is 108 Å². The Bertz CT molecular complexity index is 1240. The highest BCUT2D eigenvalue weighted by Gasteiger charge is 2.32. The lowest BCUT2D eigenvalue weighted by atomic mass is 9.92. The van der Waals surface area contributed by atoms with E-state index in [1.807, 2.05) is 18.7 Å². The van der Waals surface area contributed by atoms with Gasteiger partial charge >= 0.3 is 5.69 Å². The maximum Gasteiger partial charge on any atom is 0.330 e. The summed E-state index contributed by atoms with van der Waals surface area (Å²) >= 11 is 0. The zero-order valence-corrected chi connectivity index (χ0v) is 20.7. The highest BCUT2D eigenvalue weighted by Crippen LogP contribution is 2.40. The molecule has 1 aliphatic carbocycles. The van der Waals surface area contributed by atoms with Gasteiger partial charge < -0.3 is 9.80 Å². The van der Waals surface area contributed by atoms with Gasteiger partial charge in [0.2, 0.25) is 5.91 Å². The average molecular weight is 482 g/mol. The van der Waals surface area contributed by atoms with E-state index >= 15 is 0 Å². The van der Waals surface area contributed by atoms with E-state index in [1.54, 1.807) is 11.0 Å². The number of piperidine rings is 1. The lowest BCUT2D eigenvalue weighted by Crippen LogP contribution is -2.41. The van der Waals surface area contributed by atoms with Crippen LogP contribution in [0.25, 0.3) is 11.0 Å². The van der Waals surface area contributed by atoms with E-state index in [-0.39, 0.29) is 35.0 Å². The third-order valence-corrected chi connectivity index (χ3v) is 7.57. The van der Waals surface area contributed by atoms with E-state index in [0.717, 1.165) is 57.3 Å². The van der Waals surface area contributed by atoms with Gasteiger partial charge in [0.05, 0.1) is 10.9 Å². The molecule has 3 aliphatic rings. The number of fused-ring (bicyclic) bond motifs is 1. The molecule has 0 radical (unpaired) electrons. The number of aromatic nitrogens is 3. The second-order valence-electron chi connectivity index (χ2n) is 10.9. The molecule has 0 aromatic carbocycles. The van der Waals surface area contributed by atoms with E-state index in [0.29, 0.717) is 37.3 Å². The molecule has 0 spiro atoms. The van der Waals surface area contributed by atoms with Crippen LogP contribution in [-0.2, 0) is 11.3 Å². The maximum atomic E-state index is 13.7. The van der Waals surface area contributed by atoms with Crippen LogP contribution in [0.3, 0.4) is 0 Å². The number of rotatable bonds is 6. The fraction of sp³-hybridized carbons (Fsp3) is 0.654. The summed E-state index contributed by atoms with van der Waals surface area (Å²) in [5.41, 5.74) is 0.385. The summed E-state index contributed by atoms with van der Waals surface area (Å²) in [5.74, 6) is 0.771. The number of hydrogen-bond donors (Lipinski definition) is 1. The predicted octanol–water partition coefficient (Wildman–Crippen LogP) is 2.48. The number of likely N-dealkylation sites (tertiary alicyclic amines) is 2. The molecule has 0 bridgehead atoms. The van der Waals surface area contributed by atoms with Gasteiger partial charge in [-0.05, 0) is 56.4 Å². The Morgan fingerprint density at radius 2 is 1.71 bits per heavy atom.